The number of nitrogens with two attached hydrogens (primary N) is 1. The number of rotatable bonds is 4. The van der Waals surface area contributed by atoms with Crippen LogP contribution in [0.3, 0.4) is 0 Å². The molecule has 70 valence electrons. The zero-order valence-electron chi connectivity index (χ0n) is 7.29. The minimum absolute atomic E-state index is 0.463. The maximum atomic E-state index is 5.46. The van der Waals surface area contributed by atoms with Crippen LogP contribution in [0.15, 0.2) is 40.9 Å². The molecule has 2 N–H and O–H groups in total. The van der Waals surface area contributed by atoms with Gasteiger partial charge in [-0.05, 0) is 33.6 Å². The predicted octanol–water partition coefficient (Wildman–Crippen LogP) is 2.34. The van der Waals surface area contributed by atoms with Crippen molar-refractivity contribution in [3.8, 4) is 5.75 Å². The van der Waals surface area contributed by atoms with Crippen molar-refractivity contribution in [2.24, 2.45) is 5.73 Å². The van der Waals surface area contributed by atoms with Crippen molar-refractivity contribution in [1.82, 2.24) is 0 Å². The smallest absolute Gasteiger partial charge is 0.133 e. The fraction of sp³-hybridized carbons (Fsp3) is 0.200. The average molecular weight is 242 g/mol. The Morgan fingerprint density at radius 1 is 1.46 bits per heavy atom. The number of benzene rings is 1. The quantitative estimate of drug-likeness (QED) is 0.822. The monoisotopic (exact) mass is 241 g/mol. The van der Waals surface area contributed by atoms with Gasteiger partial charge in [-0.2, -0.15) is 0 Å². The number of hydrogen-bond acceptors (Lipinski definition) is 2. The highest BCUT2D eigenvalue weighted by molar-refractivity contribution is 9.10. The Morgan fingerprint density at radius 3 is 2.77 bits per heavy atom. The van der Waals surface area contributed by atoms with Gasteiger partial charge in [0.2, 0.25) is 0 Å². The highest BCUT2D eigenvalue weighted by Gasteiger charge is 1.99. The number of ether oxygens (including phenoxy) is 1. The van der Waals surface area contributed by atoms with E-state index in [0.717, 1.165) is 15.8 Å². The van der Waals surface area contributed by atoms with Crippen LogP contribution in [0.25, 0.3) is 0 Å². The molecular weight excluding hydrogens is 230 g/mol. The molecule has 0 atom stereocenters. The first kappa shape index (κ1) is 10.3. The zero-order valence-corrected chi connectivity index (χ0v) is 8.88. The van der Waals surface area contributed by atoms with Crippen LogP contribution in [0.1, 0.15) is 0 Å². The van der Waals surface area contributed by atoms with Crippen LogP contribution in [-0.4, -0.2) is 13.2 Å². The molecule has 0 aromatic heterocycles. The second kappa shape index (κ2) is 5.04. The molecule has 0 amide bonds. The molecule has 0 spiro atoms. The van der Waals surface area contributed by atoms with E-state index >= 15 is 0 Å². The lowest BCUT2D eigenvalue weighted by Crippen LogP contribution is -2.09. The van der Waals surface area contributed by atoms with Crippen LogP contribution in [-0.2, 0) is 0 Å². The summed E-state index contributed by atoms with van der Waals surface area (Å²) in [5.41, 5.74) is 6.27. The van der Waals surface area contributed by atoms with E-state index in [2.05, 4.69) is 22.5 Å². The Hall–Kier alpha value is -0.800. The maximum Gasteiger partial charge on any atom is 0.133 e. The molecule has 0 unspecified atom stereocenters. The van der Waals surface area contributed by atoms with Gasteiger partial charge in [-0.3, -0.25) is 0 Å². The summed E-state index contributed by atoms with van der Waals surface area (Å²) in [5, 5.41) is 0. The van der Waals surface area contributed by atoms with Crippen LogP contribution >= 0.6 is 15.9 Å². The first-order valence-corrected chi connectivity index (χ1v) is 4.77. The molecule has 0 fully saturated rings. The lowest BCUT2D eigenvalue weighted by molar-refractivity contribution is 0.348. The van der Waals surface area contributed by atoms with Crippen molar-refractivity contribution in [2.75, 3.05) is 13.2 Å². The second-order valence-electron chi connectivity index (χ2n) is 2.67. The lowest BCUT2D eigenvalue weighted by atomic mass is 10.3. The van der Waals surface area contributed by atoms with E-state index in [0.29, 0.717) is 13.2 Å². The molecule has 0 heterocycles. The van der Waals surface area contributed by atoms with E-state index in [-0.39, 0.29) is 0 Å². The van der Waals surface area contributed by atoms with Gasteiger partial charge in [0.25, 0.3) is 0 Å². The van der Waals surface area contributed by atoms with E-state index in [4.69, 9.17) is 10.5 Å². The third-order valence-corrected chi connectivity index (χ3v) is 2.21. The molecule has 13 heavy (non-hydrogen) atoms. The molecule has 0 saturated heterocycles. The molecule has 0 radical (unpaired) electrons. The van der Waals surface area contributed by atoms with E-state index in [1.54, 1.807) is 0 Å². The summed E-state index contributed by atoms with van der Waals surface area (Å²) in [6.45, 7) is 4.69. The van der Waals surface area contributed by atoms with E-state index < -0.39 is 0 Å². The summed E-state index contributed by atoms with van der Waals surface area (Å²) in [7, 11) is 0. The van der Waals surface area contributed by atoms with Crippen LogP contribution in [0.2, 0.25) is 0 Å². The molecule has 0 aliphatic rings. The second-order valence-corrected chi connectivity index (χ2v) is 3.53. The largest absolute Gasteiger partial charge is 0.488 e. The Bertz CT molecular complexity index is 299. The van der Waals surface area contributed by atoms with Gasteiger partial charge in [0, 0.05) is 6.54 Å². The van der Waals surface area contributed by atoms with Crippen LogP contribution in [0, 0.1) is 0 Å². The van der Waals surface area contributed by atoms with Crippen molar-refractivity contribution in [1.29, 1.82) is 0 Å². The Kier molecular flexibility index (Phi) is 3.99. The summed E-state index contributed by atoms with van der Waals surface area (Å²) in [4.78, 5) is 0. The molecule has 3 heteroatoms. The Labute approximate surface area is 86.5 Å². The van der Waals surface area contributed by atoms with Gasteiger partial charge in [-0.25, -0.2) is 0 Å². The zero-order chi connectivity index (χ0) is 9.68. The molecule has 0 aliphatic carbocycles. The Morgan fingerprint density at radius 2 is 2.15 bits per heavy atom. The van der Waals surface area contributed by atoms with Gasteiger partial charge in [0.05, 0.1) is 4.47 Å². The topological polar surface area (TPSA) is 35.2 Å². The van der Waals surface area contributed by atoms with E-state index in [1.807, 2.05) is 24.3 Å². The normalized spacial score (nSPS) is 9.69. The van der Waals surface area contributed by atoms with Crippen molar-refractivity contribution in [3.63, 3.8) is 0 Å². The molecule has 0 saturated carbocycles. The van der Waals surface area contributed by atoms with Crippen LogP contribution in [0.4, 0.5) is 0 Å². The Balaban J connectivity index is 2.54. The minimum Gasteiger partial charge on any atom is -0.488 e. The van der Waals surface area contributed by atoms with Gasteiger partial charge in [-0.15, -0.1) is 0 Å². The van der Waals surface area contributed by atoms with Crippen LogP contribution < -0.4 is 10.5 Å². The van der Waals surface area contributed by atoms with E-state index in [1.165, 1.54) is 0 Å². The SMILES string of the molecule is C=C(CN)COc1ccccc1Br. The molecule has 1 aromatic carbocycles. The summed E-state index contributed by atoms with van der Waals surface area (Å²) >= 11 is 3.38. The average Bonchev–Trinajstić information content (AvgIpc) is 2.16. The summed E-state index contributed by atoms with van der Waals surface area (Å²) in [5.74, 6) is 0.817. The van der Waals surface area contributed by atoms with Gasteiger partial charge in [0.1, 0.15) is 12.4 Å². The summed E-state index contributed by atoms with van der Waals surface area (Å²) in [6, 6.07) is 7.69. The first-order chi connectivity index (χ1) is 6.24. The maximum absolute atomic E-state index is 5.46. The molecule has 2 nitrogen and oxygen atoms in total. The highest BCUT2D eigenvalue weighted by Crippen LogP contribution is 2.23. The van der Waals surface area contributed by atoms with Gasteiger partial charge in [-0.1, -0.05) is 18.7 Å². The molecular formula is C10H12BrNO. The first-order valence-electron chi connectivity index (χ1n) is 3.98. The predicted molar refractivity (Wildman–Crippen MR) is 57.8 cm³/mol. The number of hydrogen-bond donors (Lipinski definition) is 1. The highest BCUT2D eigenvalue weighted by atomic mass is 79.9. The van der Waals surface area contributed by atoms with Crippen molar-refractivity contribution >= 4 is 15.9 Å². The van der Waals surface area contributed by atoms with Crippen molar-refractivity contribution < 1.29 is 4.74 Å². The molecule has 0 bridgehead atoms. The number of para-hydroxylation sites is 1. The molecule has 0 aliphatic heterocycles. The van der Waals surface area contributed by atoms with Crippen LogP contribution in [0.5, 0.6) is 5.75 Å². The number of halogens is 1. The molecule has 1 rings (SSSR count). The fourth-order valence-corrected chi connectivity index (χ4v) is 1.20. The standard InChI is InChI=1S/C10H12BrNO/c1-8(6-12)7-13-10-5-3-2-4-9(10)11/h2-5H,1,6-7,12H2. The van der Waals surface area contributed by atoms with Gasteiger partial charge < -0.3 is 10.5 Å². The van der Waals surface area contributed by atoms with Crippen molar-refractivity contribution in [3.05, 3.63) is 40.9 Å². The van der Waals surface area contributed by atoms with Gasteiger partial charge >= 0.3 is 0 Å². The summed E-state index contributed by atoms with van der Waals surface area (Å²) < 4.78 is 6.41. The minimum atomic E-state index is 0.463. The van der Waals surface area contributed by atoms with Crippen molar-refractivity contribution in [2.45, 2.75) is 0 Å². The van der Waals surface area contributed by atoms with Gasteiger partial charge in [0.15, 0.2) is 0 Å². The molecule has 1 aromatic rings. The third kappa shape index (κ3) is 3.20. The third-order valence-electron chi connectivity index (χ3n) is 1.56. The summed E-state index contributed by atoms with van der Waals surface area (Å²) in [6.07, 6.45) is 0. The fourth-order valence-electron chi connectivity index (χ4n) is 0.801. The lowest BCUT2D eigenvalue weighted by Gasteiger charge is -2.08. The van der Waals surface area contributed by atoms with E-state index in [9.17, 15) is 0 Å².